The van der Waals surface area contributed by atoms with Gasteiger partial charge in [-0.05, 0) is 27.2 Å². The minimum atomic E-state index is -2.95. The Morgan fingerprint density at radius 1 is 0.800 bits per heavy atom. The normalized spacial score (nSPS) is 13.1. The Bertz CT molecular complexity index is 308. The smallest absolute Gasteiger partial charge is 0.481 e. The van der Waals surface area contributed by atoms with Gasteiger partial charge in [-0.15, -0.1) is 0 Å². The second-order valence-electron chi connectivity index (χ2n) is 6.46. The van der Waals surface area contributed by atoms with Crippen LogP contribution in [-0.4, -0.2) is 39.7 Å². The van der Waals surface area contributed by atoms with E-state index in [0.29, 0.717) is 19.8 Å². The van der Waals surface area contributed by atoms with Gasteiger partial charge in [0.2, 0.25) is 0 Å². The predicted octanol–water partition coefficient (Wildman–Crippen LogP) is 5.41. The summed E-state index contributed by atoms with van der Waals surface area (Å²) in [5.41, 5.74) is -0.162. The fourth-order valence-corrected chi connectivity index (χ4v) is 6.37. The van der Waals surface area contributed by atoms with Crippen molar-refractivity contribution in [1.82, 2.24) is 0 Å². The van der Waals surface area contributed by atoms with E-state index in [9.17, 15) is 9.90 Å². The van der Waals surface area contributed by atoms with Gasteiger partial charge in [-0.3, -0.25) is 4.79 Å². The van der Waals surface area contributed by atoms with Crippen LogP contribution >= 0.6 is 0 Å². The Kier molecular flexibility index (Phi) is 15.5. The van der Waals surface area contributed by atoms with Crippen LogP contribution in [0, 0.1) is 0 Å². The molecule has 0 radical (unpaired) electrons. The molecule has 1 N–H and O–H groups in total. The van der Waals surface area contributed by atoms with E-state index in [4.69, 9.17) is 13.3 Å². The Morgan fingerprint density at radius 2 is 1.24 bits per heavy atom. The van der Waals surface area contributed by atoms with Gasteiger partial charge in [-0.2, -0.15) is 0 Å². The summed E-state index contributed by atoms with van der Waals surface area (Å²) in [6, 6.07) is 0. The quantitative estimate of drug-likeness (QED) is 0.256. The molecule has 0 heterocycles. The molecule has 0 spiro atoms. The number of carboxylic acid groups (broad SMARTS) is 1. The van der Waals surface area contributed by atoms with Gasteiger partial charge in [-0.1, -0.05) is 58.3 Å². The molecule has 0 aromatic carbocycles. The maximum Gasteiger partial charge on any atom is 0.504 e. The van der Waals surface area contributed by atoms with Crippen molar-refractivity contribution in [3.63, 3.8) is 0 Å². The second kappa shape index (κ2) is 15.8. The third kappa shape index (κ3) is 11.0. The summed E-state index contributed by atoms with van der Waals surface area (Å²) in [6.07, 6.45) is 10.7. The van der Waals surface area contributed by atoms with Crippen molar-refractivity contribution in [1.29, 1.82) is 0 Å². The van der Waals surface area contributed by atoms with Crippen molar-refractivity contribution in [3.05, 3.63) is 0 Å². The molecule has 6 heteroatoms. The van der Waals surface area contributed by atoms with Crippen LogP contribution in [0.25, 0.3) is 0 Å². The third-order valence-corrected chi connectivity index (χ3v) is 7.93. The first-order valence-electron chi connectivity index (χ1n) is 10.2. The fraction of sp³-hybridized carbons (Fsp3) is 0.947. The maximum atomic E-state index is 11.4. The third-order valence-electron chi connectivity index (χ3n) is 4.36. The molecule has 5 nitrogen and oxygen atoms in total. The summed E-state index contributed by atoms with van der Waals surface area (Å²) in [5.74, 6) is -0.805. The van der Waals surface area contributed by atoms with Crippen LogP contribution in [0.4, 0.5) is 0 Å². The van der Waals surface area contributed by atoms with Crippen LogP contribution in [0.3, 0.4) is 0 Å². The number of hydrogen-bond acceptors (Lipinski definition) is 4. The predicted molar refractivity (Wildman–Crippen MR) is 104 cm³/mol. The highest BCUT2D eigenvalue weighted by atomic mass is 28.4. The van der Waals surface area contributed by atoms with E-state index in [0.717, 1.165) is 19.3 Å². The lowest BCUT2D eigenvalue weighted by Gasteiger charge is -2.34. The molecule has 0 amide bonds. The van der Waals surface area contributed by atoms with Crippen LogP contribution in [0.5, 0.6) is 0 Å². The van der Waals surface area contributed by atoms with E-state index in [1.807, 2.05) is 20.8 Å². The first-order chi connectivity index (χ1) is 12.1. The van der Waals surface area contributed by atoms with E-state index in [2.05, 4.69) is 6.92 Å². The lowest BCUT2D eigenvalue weighted by atomic mass is 10.1. The van der Waals surface area contributed by atoms with Gasteiger partial charge in [0.1, 0.15) is 0 Å². The molecule has 0 aliphatic heterocycles. The molecule has 0 aliphatic rings. The van der Waals surface area contributed by atoms with Gasteiger partial charge in [0.25, 0.3) is 0 Å². The van der Waals surface area contributed by atoms with Gasteiger partial charge in [0.05, 0.1) is 6.42 Å². The van der Waals surface area contributed by atoms with Crippen molar-refractivity contribution in [2.45, 2.75) is 97.4 Å². The van der Waals surface area contributed by atoms with Gasteiger partial charge in [0.15, 0.2) is 0 Å². The molecule has 0 aromatic heterocycles. The van der Waals surface area contributed by atoms with E-state index in [-0.39, 0.29) is 12.0 Å². The highest BCUT2D eigenvalue weighted by molar-refractivity contribution is 6.62. The van der Waals surface area contributed by atoms with Crippen LogP contribution in [0.1, 0.15) is 91.9 Å². The van der Waals surface area contributed by atoms with Crippen molar-refractivity contribution < 1.29 is 23.2 Å². The highest BCUT2D eigenvalue weighted by Gasteiger charge is 2.49. The lowest BCUT2D eigenvalue weighted by Crippen LogP contribution is -2.51. The fourth-order valence-electron chi connectivity index (χ4n) is 3.22. The van der Waals surface area contributed by atoms with E-state index >= 15 is 0 Å². The molecule has 0 aromatic rings. The first-order valence-corrected chi connectivity index (χ1v) is 12.0. The highest BCUT2D eigenvalue weighted by Crippen LogP contribution is 2.34. The monoisotopic (exact) mass is 376 g/mol. The van der Waals surface area contributed by atoms with Crippen LogP contribution < -0.4 is 0 Å². The van der Waals surface area contributed by atoms with Crippen LogP contribution in [0.15, 0.2) is 0 Å². The summed E-state index contributed by atoms with van der Waals surface area (Å²) in [6.45, 7) is 9.42. The Morgan fingerprint density at radius 3 is 1.64 bits per heavy atom. The Hall–Kier alpha value is -0.433. The van der Waals surface area contributed by atoms with Crippen molar-refractivity contribution in [2.24, 2.45) is 0 Å². The second-order valence-corrected chi connectivity index (χ2v) is 9.35. The molecule has 1 atom stereocenters. The lowest BCUT2D eigenvalue weighted by molar-refractivity contribution is -0.137. The molecule has 25 heavy (non-hydrogen) atoms. The molecule has 0 saturated carbocycles. The summed E-state index contributed by atoms with van der Waals surface area (Å²) >= 11 is 0. The standard InChI is InChI=1S/C19H40O5Si/c1-5-9-10-11-12-13-14-15-16-18(17-19(20)21)25(22-6-2,23-7-3)24-8-4/h18H,5-17H2,1-4H3,(H,20,21). The summed E-state index contributed by atoms with van der Waals surface area (Å²) < 4.78 is 17.8. The first kappa shape index (κ1) is 24.6. The molecular formula is C19H40O5Si. The maximum absolute atomic E-state index is 11.4. The number of aliphatic carboxylic acids is 1. The van der Waals surface area contributed by atoms with E-state index < -0.39 is 14.8 Å². The minimum absolute atomic E-state index is 0.0583. The van der Waals surface area contributed by atoms with E-state index in [1.165, 1.54) is 38.5 Å². The van der Waals surface area contributed by atoms with Crippen molar-refractivity contribution in [3.8, 4) is 0 Å². The minimum Gasteiger partial charge on any atom is -0.481 e. The molecule has 0 aliphatic carbocycles. The number of hydrogen-bond donors (Lipinski definition) is 1. The summed E-state index contributed by atoms with van der Waals surface area (Å²) in [5, 5.41) is 9.33. The van der Waals surface area contributed by atoms with Gasteiger partial charge in [0, 0.05) is 25.4 Å². The number of carbonyl (C=O) groups is 1. The summed E-state index contributed by atoms with van der Waals surface area (Å²) in [7, 11) is -2.95. The van der Waals surface area contributed by atoms with Crippen molar-refractivity contribution in [2.75, 3.05) is 19.8 Å². The molecule has 0 bridgehead atoms. The molecular weight excluding hydrogens is 336 g/mol. The Balaban J connectivity index is 4.59. The van der Waals surface area contributed by atoms with Crippen LogP contribution in [-0.2, 0) is 18.1 Å². The van der Waals surface area contributed by atoms with Crippen molar-refractivity contribution >= 4 is 14.8 Å². The number of rotatable bonds is 18. The molecule has 0 rings (SSSR count). The molecule has 0 fully saturated rings. The number of carboxylic acids is 1. The average molecular weight is 377 g/mol. The largest absolute Gasteiger partial charge is 0.504 e. The Labute approximate surface area is 155 Å². The topological polar surface area (TPSA) is 65.0 Å². The zero-order chi connectivity index (χ0) is 19.0. The van der Waals surface area contributed by atoms with Gasteiger partial charge in [-0.25, -0.2) is 0 Å². The van der Waals surface area contributed by atoms with Gasteiger partial charge < -0.3 is 18.4 Å². The van der Waals surface area contributed by atoms with E-state index in [1.54, 1.807) is 0 Å². The zero-order valence-corrected chi connectivity index (χ0v) is 17.8. The molecule has 0 saturated heterocycles. The summed E-state index contributed by atoms with van der Waals surface area (Å²) in [4.78, 5) is 11.4. The molecule has 150 valence electrons. The average Bonchev–Trinajstić information content (AvgIpc) is 2.56. The van der Waals surface area contributed by atoms with Crippen LogP contribution in [0.2, 0.25) is 5.54 Å². The number of unbranched alkanes of at least 4 members (excludes halogenated alkanes) is 7. The zero-order valence-electron chi connectivity index (χ0n) is 16.8. The molecule has 1 unspecified atom stereocenters. The SMILES string of the molecule is CCCCCCCCCCC(CC(=O)O)[Si](OCC)(OCC)OCC. The van der Waals surface area contributed by atoms with Gasteiger partial charge >= 0.3 is 14.8 Å².